The Morgan fingerprint density at radius 2 is 2.00 bits per heavy atom. The van der Waals surface area contributed by atoms with Crippen molar-refractivity contribution in [1.82, 2.24) is 9.97 Å². The maximum atomic E-state index is 5.54. The van der Waals surface area contributed by atoms with Crippen LogP contribution in [0.25, 0.3) is 21.7 Å². The average molecular weight is 337 g/mol. The van der Waals surface area contributed by atoms with E-state index < -0.39 is 0 Å². The lowest BCUT2D eigenvalue weighted by atomic mass is 10.2. The van der Waals surface area contributed by atoms with Crippen LogP contribution in [0.1, 0.15) is 5.69 Å². The molecule has 0 aliphatic carbocycles. The van der Waals surface area contributed by atoms with Crippen LogP contribution in [0.5, 0.6) is 5.75 Å². The number of rotatable bonds is 5. The molecule has 0 amide bonds. The zero-order valence-corrected chi connectivity index (χ0v) is 13.8. The number of benzene rings is 2. The van der Waals surface area contributed by atoms with E-state index in [1.54, 1.807) is 24.7 Å². The van der Waals surface area contributed by atoms with Gasteiger partial charge in [-0.15, -0.1) is 0 Å². The van der Waals surface area contributed by atoms with Crippen LogP contribution in [0.2, 0.25) is 0 Å². The molecule has 0 unspecified atom stereocenters. The molecular weight excluding hydrogens is 322 g/mol. The molecule has 6 heteroatoms. The Balaban J connectivity index is 1.48. The second-order valence-corrected chi connectivity index (χ2v) is 6.25. The molecule has 2 aromatic heterocycles. The minimum Gasteiger partial charge on any atom is -0.497 e. The first-order valence-corrected chi connectivity index (χ1v) is 8.32. The van der Waals surface area contributed by atoms with Crippen LogP contribution >= 0.6 is 11.3 Å². The number of methoxy groups -OCH3 is 1. The van der Waals surface area contributed by atoms with E-state index in [9.17, 15) is 0 Å². The van der Waals surface area contributed by atoms with E-state index in [0.717, 1.165) is 32.4 Å². The fourth-order valence-electron chi connectivity index (χ4n) is 2.38. The van der Waals surface area contributed by atoms with Crippen molar-refractivity contribution in [3.8, 4) is 17.2 Å². The summed E-state index contributed by atoms with van der Waals surface area (Å²) in [5, 5.41) is 4.15. The topological polar surface area (TPSA) is 60.2 Å². The first-order chi connectivity index (χ1) is 11.8. The third-order valence-corrected chi connectivity index (χ3v) is 4.56. The molecule has 0 aliphatic heterocycles. The average Bonchev–Trinajstić information content (AvgIpc) is 3.26. The van der Waals surface area contributed by atoms with E-state index in [-0.39, 0.29) is 0 Å². The van der Waals surface area contributed by atoms with Gasteiger partial charge in [0.1, 0.15) is 12.0 Å². The van der Waals surface area contributed by atoms with Crippen molar-refractivity contribution in [2.24, 2.45) is 0 Å². The summed E-state index contributed by atoms with van der Waals surface area (Å²) in [6.07, 6.45) is 1.67. The van der Waals surface area contributed by atoms with Crippen molar-refractivity contribution in [2.45, 2.75) is 6.54 Å². The minimum atomic E-state index is 0.563. The van der Waals surface area contributed by atoms with Crippen LogP contribution in [0.15, 0.2) is 59.2 Å². The molecular formula is C18H15N3O2S. The van der Waals surface area contributed by atoms with Crippen molar-refractivity contribution in [1.29, 1.82) is 0 Å². The highest BCUT2D eigenvalue weighted by molar-refractivity contribution is 7.22. The summed E-state index contributed by atoms with van der Waals surface area (Å²) in [6, 6.07) is 15.7. The number of hydrogen-bond donors (Lipinski definition) is 1. The van der Waals surface area contributed by atoms with Gasteiger partial charge >= 0.3 is 0 Å². The SMILES string of the molecule is COc1ccc2nc(NCc3coc(-c4ccccc4)n3)sc2c1. The van der Waals surface area contributed by atoms with Gasteiger partial charge in [0.15, 0.2) is 5.13 Å². The summed E-state index contributed by atoms with van der Waals surface area (Å²) >= 11 is 1.59. The number of ether oxygens (including phenoxy) is 1. The summed E-state index contributed by atoms with van der Waals surface area (Å²) < 4.78 is 11.9. The van der Waals surface area contributed by atoms with Gasteiger partial charge in [-0.1, -0.05) is 29.5 Å². The third-order valence-electron chi connectivity index (χ3n) is 3.59. The van der Waals surface area contributed by atoms with Gasteiger partial charge in [-0.3, -0.25) is 0 Å². The summed E-state index contributed by atoms with van der Waals surface area (Å²) in [7, 11) is 1.66. The molecule has 4 rings (SSSR count). The van der Waals surface area contributed by atoms with Gasteiger partial charge in [-0.2, -0.15) is 0 Å². The normalized spacial score (nSPS) is 10.9. The molecule has 120 valence electrons. The number of nitrogens with zero attached hydrogens (tertiary/aromatic N) is 2. The molecule has 0 aliphatic rings. The number of nitrogens with one attached hydrogen (secondary N) is 1. The molecule has 0 radical (unpaired) electrons. The van der Waals surface area contributed by atoms with E-state index in [2.05, 4.69) is 15.3 Å². The molecule has 0 saturated carbocycles. The first kappa shape index (κ1) is 14.7. The number of aromatic nitrogens is 2. The lowest BCUT2D eigenvalue weighted by Crippen LogP contribution is -1.98. The maximum Gasteiger partial charge on any atom is 0.226 e. The fourth-order valence-corrected chi connectivity index (χ4v) is 3.27. The zero-order chi connectivity index (χ0) is 16.4. The Bertz CT molecular complexity index is 963. The van der Waals surface area contributed by atoms with Gasteiger partial charge in [-0.25, -0.2) is 9.97 Å². The van der Waals surface area contributed by atoms with Crippen LogP contribution in [-0.2, 0) is 6.54 Å². The Kier molecular flexibility index (Phi) is 3.88. The van der Waals surface area contributed by atoms with Crippen LogP contribution < -0.4 is 10.1 Å². The molecule has 2 aromatic carbocycles. The second-order valence-electron chi connectivity index (χ2n) is 5.22. The molecule has 0 fully saturated rings. The smallest absolute Gasteiger partial charge is 0.226 e. The lowest BCUT2D eigenvalue weighted by molar-refractivity contribution is 0.415. The zero-order valence-electron chi connectivity index (χ0n) is 13.0. The van der Waals surface area contributed by atoms with E-state index in [1.165, 1.54) is 0 Å². The second kappa shape index (κ2) is 6.33. The number of hydrogen-bond acceptors (Lipinski definition) is 6. The van der Waals surface area contributed by atoms with Crippen molar-refractivity contribution in [3.63, 3.8) is 0 Å². The van der Waals surface area contributed by atoms with Crippen LogP contribution in [0.4, 0.5) is 5.13 Å². The molecule has 1 N–H and O–H groups in total. The van der Waals surface area contributed by atoms with Gasteiger partial charge in [-0.05, 0) is 30.3 Å². The molecule has 0 bridgehead atoms. The van der Waals surface area contributed by atoms with Gasteiger partial charge < -0.3 is 14.5 Å². The molecule has 4 aromatic rings. The Hall–Kier alpha value is -2.86. The van der Waals surface area contributed by atoms with Crippen molar-refractivity contribution < 1.29 is 9.15 Å². The molecule has 0 saturated heterocycles. The van der Waals surface area contributed by atoms with Gasteiger partial charge in [0.25, 0.3) is 0 Å². The number of oxazole rings is 1. The number of anilines is 1. The Labute approximate surface area is 142 Å². The van der Waals surface area contributed by atoms with Crippen LogP contribution in [-0.4, -0.2) is 17.1 Å². The van der Waals surface area contributed by atoms with Gasteiger partial charge in [0.05, 0.1) is 29.6 Å². The van der Waals surface area contributed by atoms with Crippen molar-refractivity contribution >= 4 is 26.7 Å². The standard InChI is InChI=1S/C18H15N3O2S/c1-22-14-7-8-15-16(9-14)24-18(21-15)19-10-13-11-23-17(20-13)12-5-3-2-4-6-12/h2-9,11H,10H2,1H3,(H,19,21). The van der Waals surface area contributed by atoms with Gasteiger partial charge in [0, 0.05) is 5.56 Å². The fraction of sp³-hybridized carbons (Fsp3) is 0.111. The van der Waals surface area contributed by atoms with Crippen molar-refractivity contribution in [2.75, 3.05) is 12.4 Å². The quantitative estimate of drug-likeness (QED) is 0.578. The third kappa shape index (κ3) is 2.96. The molecule has 0 atom stereocenters. The largest absolute Gasteiger partial charge is 0.497 e. The van der Waals surface area contributed by atoms with E-state index in [0.29, 0.717) is 12.4 Å². The lowest BCUT2D eigenvalue weighted by Gasteiger charge is -1.97. The van der Waals surface area contributed by atoms with Crippen LogP contribution in [0, 0.1) is 0 Å². The van der Waals surface area contributed by atoms with Crippen LogP contribution in [0.3, 0.4) is 0 Å². The summed E-state index contributed by atoms with van der Waals surface area (Å²) in [4.78, 5) is 9.07. The first-order valence-electron chi connectivity index (χ1n) is 7.50. The van der Waals surface area contributed by atoms with E-state index >= 15 is 0 Å². The molecule has 24 heavy (non-hydrogen) atoms. The predicted octanol–water partition coefficient (Wildman–Crippen LogP) is 4.57. The van der Waals surface area contributed by atoms with Crippen molar-refractivity contribution in [3.05, 3.63) is 60.5 Å². The number of fused-ring (bicyclic) bond motifs is 1. The van der Waals surface area contributed by atoms with E-state index in [1.807, 2.05) is 48.5 Å². The highest BCUT2D eigenvalue weighted by atomic mass is 32.1. The highest BCUT2D eigenvalue weighted by Gasteiger charge is 2.08. The molecule has 5 nitrogen and oxygen atoms in total. The highest BCUT2D eigenvalue weighted by Crippen LogP contribution is 2.29. The maximum absolute atomic E-state index is 5.54. The Morgan fingerprint density at radius 3 is 2.83 bits per heavy atom. The summed E-state index contributed by atoms with van der Waals surface area (Å²) in [5.74, 6) is 1.46. The number of thiazole rings is 1. The van der Waals surface area contributed by atoms with Gasteiger partial charge in [0.2, 0.25) is 5.89 Å². The molecule has 0 spiro atoms. The summed E-state index contributed by atoms with van der Waals surface area (Å²) in [6.45, 7) is 0.563. The predicted molar refractivity (Wildman–Crippen MR) is 95.4 cm³/mol. The minimum absolute atomic E-state index is 0.563. The monoisotopic (exact) mass is 337 g/mol. The van der Waals surface area contributed by atoms with E-state index in [4.69, 9.17) is 9.15 Å². The Morgan fingerprint density at radius 1 is 1.12 bits per heavy atom. The summed E-state index contributed by atoms with van der Waals surface area (Å²) in [5.41, 5.74) is 2.76. The molecule has 2 heterocycles.